The predicted molar refractivity (Wildman–Crippen MR) is 109 cm³/mol. The number of aromatic nitrogens is 5. The van der Waals surface area contributed by atoms with E-state index < -0.39 is 0 Å². The molecule has 0 unspecified atom stereocenters. The van der Waals surface area contributed by atoms with Gasteiger partial charge >= 0.3 is 0 Å². The molecule has 1 aliphatic rings. The summed E-state index contributed by atoms with van der Waals surface area (Å²) in [6.07, 6.45) is 5.36. The van der Waals surface area contributed by atoms with Crippen molar-refractivity contribution in [1.82, 2.24) is 25.0 Å². The van der Waals surface area contributed by atoms with Gasteiger partial charge in [0.05, 0.1) is 36.8 Å². The van der Waals surface area contributed by atoms with Gasteiger partial charge in [-0.25, -0.2) is 4.39 Å². The van der Waals surface area contributed by atoms with Crippen molar-refractivity contribution < 1.29 is 9.13 Å². The van der Waals surface area contributed by atoms with E-state index in [4.69, 9.17) is 4.74 Å². The number of H-pyrrole nitrogens is 1. The lowest BCUT2D eigenvalue weighted by atomic mass is 10.0. The Balaban J connectivity index is 1.58. The van der Waals surface area contributed by atoms with Crippen LogP contribution < -0.4 is 4.90 Å². The molecule has 0 spiro atoms. The van der Waals surface area contributed by atoms with Crippen LogP contribution in [0, 0.1) is 12.7 Å². The van der Waals surface area contributed by atoms with Gasteiger partial charge in [0.2, 0.25) is 0 Å². The molecule has 7 nitrogen and oxygen atoms in total. The fourth-order valence-corrected chi connectivity index (χ4v) is 3.87. The molecule has 8 heteroatoms. The average Bonchev–Trinajstić information content (AvgIpc) is 3.33. The normalized spacial score (nSPS) is 14.7. The van der Waals surface area contributed by atoms with Crippen LogP contribution >= 0.6 is 0 Å². The van der Waals surface area contributed by atoms with Crippen LogP contribution in [-0.2, 0) is 11.8 Å². The zero-order valence-electron chi connectivity index (χ0n) is 16.3. The zero-order chi connectivity index (χ0) is 20.0. The average molecular weight is 392 g/mol. The number of aryl methyl sites for hydroxylation is 2. The topological polar surface area (TPSA) is 71.9 Å². The Morgan fingerprint density at radius 2 is 1.97 bits per heavy atom. The largest absolute Gasteiger partial charge is 0.378 e. The summed E-state index contributed by atoms with van der Waals surface area (Å²) in [6, 6.07) is 5.50. The second-order valence-corrected chi connectivity index (χ2v) is 7.31. The molecule has 1 fully saturated rings. The maximum Gasteiger partial charge on any atom is 0.134 e. The van der Waals surface area contributed by atoms with E-state index in [9.17, 15) is 0 Å². The van der Waals surface area contributed by atoms with E-state index in [2.05, 4.69) is 25.2 Å². The quantitative estimate of drug-likeness (QED) is 0.579. The Bertz CT molecular complexity index is 1170. The summed E-state index contributed by atoms with van der Waals surface area (Å²) in [5.74, 6) is -0.273. The van der Waals surface area contributed by atoms with E-state index in [1.165, 1.54) is 0 Å². The second-order valence-electron chi connectivity index (χ2n) is 7.31. The van der Waals surface area contributed by atoms with Gasteiger partial charge in [0.15, 0.2) is 0 Å². The number of hydrogen-bond acceptors (Lipinski definition) is 5. The molecule has 1 aliphatic heterocycles. The van der Waals surface area contributed by atoms with Crippen molar-refractivity contribution in [3.05, 3.63) is 48.2 Å². The number of morpholine rings is 1. The zero-order valence-corrected chi connectivity index (χ0v) is 16.3. The number of ether oxygens (including phenoxy) is 1. The number of hydrogen-bond donors (Lipinski definition) is 1. The Kier molecular flexibility index (Phi) is 4.28. The van der Waals surface area contributed by atoms with Gasteiger partial charge in [-0.2, -0.15) is 10.2 Å². The van der Waals surface area contributed by atoms with Gasteiger partial charge in [-0.3, -0.25) is 14.8 Å². The molecule has 148 valence electrons. The van der Waals surface area contributed by atoms with Crippen LogP contribution in [0.3, 0.4) is 0 Å². The number of anilines is 1. The highest BCUT2D eigenvalue weighted by Gasteiger charge is 2.18. The fourth-order valence-electron chi connectivity index (χ4n) is 3.87. The minimum atomic E-state index is -0.273. The maximum atomic E-state index is 15.2. The Morgan fingerprint density at radius 3 is 2.69 bits per heavy atom. The van der Waals surface area contributed by atoms with Crippen molar-refractivity contribution in [2.45, 2.75) is 6.92 Å². The molecular weight excluding hydrogens is 371 g/mol. The molecule has 1 saturated heterocycles. The number of nitrogens with one attached hydrogen (secondary N) is 1. The fraction of sp³-hybridized carbons (Fsp3) is 0.286. The molecule has 0 aliphatic carbocycles. The van der Waals surface area contributed by atoms with Crippen molar-refractivity contribution in [3.63, 3.8) is 0 Å². The number of pyridine rings is 1. The third-order valence-electron chi connectivity index (χ3n) is 5.33. The number of fused-ring (bicyclic) bond motifs is 1. The summed E-state index contributed by atoms with van der Waals surface area (Å²) >= 11 is 0. The van der Waals surface area contributed by atoms with Crippen molar-refractivity contribution in [1.29, 1.82) is 0 Å². The first-order valence-electron chi connectivity index (χ1n) is 9.56. The monoisotopic (exact) mass is 392 g/mol. The van der Waals surface area contributed by atoms with Gasteiger partial charge < -0.3 is 9.64 Å². The second kappa shape index (κ2) is 6.97. The summed E-state index contributed by atoms with van der Waals surface area (Å²) < 4.78 is 22.3. The van der Waals surface area contributed by atoms with Crippen molar-refractivity contribution in [2.75, 3.05) is 31.2 Å². The first-order chi connectivity index (χ1) is 14.1. The molecule has 3 aromatic heterocycles. The molecule has 0 saturated carbocycles. The summed E-state index contributed by atoms with van der Waals surface area (Å²) in [5, 5.41) is 12.5. The molecule has 0 amide bonds. The maximum absolute atomic E-state index is 15.2. The van der Waals surface area contributed by atoms with Crippen LogP contribution in [0.25, 0.3) is 33.4 Å². The Labute approximate surface area is 167 Å². The standard InChI is InChI=1S/C21H21FN6O/c1-13-7-15(28-3-5-29-6-4-28)8-17(22)20(13)18-9-16-19(11-23-18)25-26-21(16)14-10-24-27(2)12-14/h7-12H,3-6H2,1-2H3,(H,25,26). The molecule has 5 rings (SSSR count). The SMILES string of the molecule is Cc1cc(N2CCOCC2)cc(F)c1-c1cc2c(-c3cnn(C)c3)n[nH]c2cn1. The first-order valence-corrected chi connectivity index (χ1v) is 9.56. The lowest BCUT2D eigenvalue weighted by Crippen LogP contribution is -2.36. The molecule has 29 heavy (non-hydrogen) atoms. The third kappa shape index (κ3) is 3.15. The van der Waals surface area contributed by atoms with Gasteiger partial charge in [0.25, 0.3) is 0 Å². The van der Waals surface area contributed by atoms with Crippen LogP contribution in [0.1, 0.15) is 5.56 Å². The number of aromatic amines is 1. The minimum Gasteiger partial charge on any atom is -0.378 e. The number of rotatable bonds is 3. The van der Waals surface area contributed by atoms with Crippen LogP contribution in [0.5, 0.6) is 0 Å². The smallest absolute Gasteiger partial charge is 0.134 e. The Hall–Kier alpha value is -3.26. The number of halogens is 1. The van der Waals surface area contributed by atoms with E-state index in [1.54, 1.807) is 23.1 Å². The molecular formula is C21H21FN6O. The number of nitrogens with zero attached hydrogens (tertiary/aromatic N) is 5. The molecule has 1 N–H and O–H groups in total. The first kappa shape index (κ1) is 17.8. The van der Waals surface area contributed by atoms with Crippen LogP contribution in [0.4, 0.5) is 10.1 Å². The number of benzene rings is 1. The van der Waals surface area contributed by atoms with Crippen LogP contribution in [-0.4, -0.2) is 51.3 Å². The van der Waals surface area contributed by atoms with Crippen molar-refractivity contribution in [2.24, 2.45) is 7.05 Å². The van der Waals surface area contributed by atoms with E-state index in [1.807, 2.05) is 32.3 Å². The van der Waals surface area contributed by atoms with Crippen molar-refractivity contribution >= 4 is 16.6 Å². The van der Waals surface area contributed by atoms with Gasteiger partial charge in [0, 0.05) is 48.5 Å². The van der Waals surface area contributed by atoms with Gasteiger partial charge in [-0.15, -0.1) is 0 Å². The van der Waals surface area contributed by atoms with Gasteiger partial charge in [-0.1, -0.05) is 0 Å². The summed E-state index contributed by atoms with van der Waals surface area (Å²) in [6.45, 7) is 4.79. The molecule has 0 radical (unpaired) electrons. The summed E-state index contributed by atoms with van der Waals surface area (Å²) in [7, 11) is 1.86. The highest BCUT2D eigenvalue weighted by molar-refractivity contribution is 5.94. The lowest BCUT2D eigenvalue weighted by molar-refractivity contribution is 0.122. The van der Waals surface area contributed by atoms with Crippen molar-refractivity contribution in [3.8, 4) is 22.5 Å². The van der Waals surface area contributed by atoms with Crippen LogP contribution in [0.2, 0.25) is 0 Å². The van der Waals surface area contributed by atoms with Crippen LogP contribution in [0.15, 0.2) is 36.8 Å². The highest BCUT2D eigenvalue weighted by atomic mass is 19.1. The van der Waals surface area contributed by atoms with Gasteiger partial charge in [0.1, 0.15) is 11.5 Å². The molecule has 4 aromatic rings. The van der Waals surface area contributed by atoms with E-state index in [-0.39, 0.29) is 5.82 Å². The summed E-state index contributed by atoms with van der Waals surface area (Å²) in [4.78, 5) is 6.64. The van der Waals surface area contributed by atoms with E-state index >= 15 is 4.39 Å². The lowest BCUT2D eigenvalue weighted by Gasteiger charge is -2.29. The molecule has 0 bridgehead atoms. The summed E-state index contributed by atoms with van der Waals surface area (Å²) in [5.41, 5.74) is 5.32. The predicted octanol–water partition coefficient (Wildman–Crippen LogP) is 3.31. The van der Waals surface area contributed by atoms with Gasteiger partial charge in [-0.05, 0) is 30.7 Å². The molecule has 0 atom stereocenters. The van der Waals surface area contributed by atoms with E-state index in [0.717, 1.165) is 46.5 Å². The van der Waals surface area contributed by atoms with E-state index in [0.29, 0.717) is 24.5 Å². The minimum absolute atomic E-state index is 0.273. The highest BCUT2D eigenvalue weighted by Crippen LogP contribution is 2.33. The third-order valence-corrected chi connectivity index (χ3v) is 5.33. The molecule has 4 heterocycles. The molecule has 1 aromatic carbocycles. The Morgan fingerprint density at radius 1 is 1.14 bits per heavy atom.